The summed E-state index contributed by atoms with van der Waals surface area (Å²) in [7, 11) is 1.39. The highest BCUT2D eigenvalue weighted by molar-refractivity contribution is 5.69. The molecule has 0 aliphatic carbocycles. The zero-order valence-corrected chi connectivity index (χ0v) is 14.9. The van der Waals surface area contributed by atoms with Gasteiger partial charge in [-0.1, -0.05) is 84.0 Å². The SMILES string of the molecule is CCCCCCCCCCCCCCC(O)CCC(=O)OC. The summed E-state index contributed by atoms with van der Waals surface area (Å²) in [6.45, 7) is 2.26. The number of aliphatic hydroxyl groups is 1. The summed E-state index contributed by atoms with van der Waals surface area (Å²) < 4.78 is 4.57. The first-order valence-electron chi connectivity index (χ1n) is 9.45. The minimum Gasteiger partial charge on any atom is -0.469 e. The van der Waals surface area contributed by atoms with Crippen molar-refractivity contribution in [1.29, 1.82) is 0 Å². The Labute approximate surface area is 137 Å². The first-order valence-corrected chi connectivity index (χ1v) is 9.45. The zero-order chi connectivity index (χ0) is 16.5. The maximum absolute atomic E-state index is 11.0. The van der Waals surface area contributed by atoms with Crippen LogP contribution in [0.15, 0.2) is 0 Å². The molecule has 0 spiro atoms. The molecule has 0 saturated heterocycles. The number of aliphatic hydroxyl groups excluding tert-OH is 1. The lowest BCUT2D eigenvalue weighted by Gasteiger charge is -2.09. The molecule has 0 saturated carbocycles. The molecular formula is C19H38O3. The number of unbranched alkanes of at least 4 members (excludes halogenated alkanes) is 11. The molecule has 0 aromatic heterocycles. The molecule has 0 aliphatic heterocycles. The van der Waals surface area contributed by atoms with Gasteiger partial charge in [-0.2, -0.15) is 0 Å². The smallest absolute Gasteiger partial charge is 0.305 e. The van der Waals surface area contributed by atoms with Gasteiger partial charge in [0.15, 0.2) is 0 Å². The lowest BCUT2D eigenvalue weighted by atomic mass is 10.0. The molecule has 1 N–H and O–H groups in total. The van der Waals surface area contributed by atoms with Gasteiger partial charge in [-0.05, 0) is 12.8 Å². The van der Waals surface area contributed by atoms with Crippen molar-refractivity contribution in [2.45, 2.75) is 109 Å². The van der Waals surface area contributed by atoms with Crippen molar-refractivity contribution in [3.63, 3.8) is 0 Å². The fourth-order valence-electron chi connectivity index (χ4n) is 2.75. The first-order chi connectivity index (χ1) is 10.7. The van der Waals surface area contributed by atoms with Crippen LogP contribution in [0.5, 0.6) is 0 Å². The predicted molar refractivity (Wildman–Crippen MR) is 93.0 cm³/mol. The maximum atomic E-state index is 11.0. The van der Waals surface area contributed by atoms with Gasteiger partial charge in [0.05, 0.1) is 13.2 Å². The maximum Gasteiger partial charge on any atom is 0.305 e. The predicted octanol–water partition coefficient (Wildman–Crippen LogP) is 5.39. The highest BCUT2D eigenvalue weighted by atomic mass is 16.5. The van der Waals surface area contributed by atoms with Gasteiger partial charge in [0, 0.05) is 6.42 Å². The van der Waals surface area contributed by atoms with Crippen molar-refractivity contribution < 1.29 is 14.6 Å². The summed E-state index contributed by atoms with van der Waals surface area (Å²) in [6.07, 6.45) is 17.3. The number of carbonyl (C=O) groups excluding carboxylic acids is 1. The third-order valence-electron chi connectivity index (χ3n) is 4.30. The largest absolute Gasteiger partial charge is 0.469 e. The van der Waals surface area contributed by atoms with E-state index in [4.69, 9.17) is 0 Å². The van der Waals surface area contributed by atoms with Crippen LogP contribution >= 0.6 is 0 Å². The Balaban J connectivity index is 3.15. The van der Waals surface area contributed by atoms with E-state index in [1.807, 2.05) is 0 Å². The second kappa shape index (κ2) is 16.8. The minimum atomic E-state index is -0.345. The van der Waals surface area contributed by atoms with Gasteiger partial charge in [-0.25, -0.2) is 0 Å². The Morgan fingerprint density at radius 1 is 0.818 bits per heavy atom. The second-order valence-electron chi connectivity index (χ2n) is 6.45. The molecule has 0 bridgehead atoms. The number of esters is 1. The molecule has 0 radical (unpaired) electrons. The van der Waals surface area contributed by atoms with Crippen LogP contribution in [0.4, 0.5) is 0 Å². The van der Waals surface area contributed by atoms with Crippen molar-refractivity contribution in [2.24, 2.45) is 0 Å². The van der Waals surface area contributed by atoms with Crippen molar-refractivity contribution in [2.75, 3.05) is 7.11 Å². The molecular weight excluding hydrogens is 276 g/mol. The Hall–Kier alpha value is -0.570. The van der Waals surface area contributed by atoms with Crippen LogP contribution in [0.1, 0.15) is 103 Å². The van der Waals surface area contributed by atoms with Crippen LogP contribution in [0.25, 0.3) is 0 Å². The molecule has 22 heavy (non-hydrogen) atoms. The van der Waals surface area contributed by atoms with Crippen LogP contribution < -0.4 is 0 Å². The van der Waals surface area contributed by atoms with E-state index in [-0.39, 0.29) is 12.1 Å². The minimum absolute atomic E-state index is 0.228. The van der Waals surface area contributed by atoms with Gasteiger partial charge in [-0.15, -0.1) is 0 Å². The van der Waals surface area contributed by atoms with E-state index < -0.39 is 0 Å². The quantitative estimate of drug-likeness (QED) is 0.307. The average molecular weight is 315 g/mol. The van der Waals surface area contributed by atoms with Crippen LogP contribution in [0, 0.1) is 0 Å². The molecule has 3 nitrogen and oxygen atoms in total. The number of hydrogen-bond donors (Lipinski definition) is 1. The summed E-state index contributed by atoms with van der Waals surface area (Å²) in [5.41, 5.74) is 0. The van der Waals surface area contributed by atoms with Crippen molar-refractivity contribution in [1.82, 2.24) is 0 Å². The molecule has 0 aromatic carbocycles. The number of methoxy groups -OCH3 is 1. The molecule has 132 valence electrons. The highest BCUT2D eigenvalue weighted by Gasteiger charge is 2.07. The number of hydrogen-bond acceptors (Lipinski definition) is 3. The summed E-state index contributed by atoms with van der Waals surface area (Å²) in [6, 6.07) is 0. The van der Waals surface area contributed by atoms with E-state index in [2.05, 4.69) is 11.7 Å². The summed E-state index contributed by atoms with van der Waals surface area (Å²) in [5.74, 6) is -0.228. The van der Waals surface area contributed by atoms with Gasteiger partial charge < -0.3 is 9.84 Å². The molecule has 0 fully saturated rings. The molecule has 3 heteroatoms. The fraction of sp³-hybridized carbons (Fsp3) is 0.947. The Kier molecular flexibility index (Phi) is 16.4. The number of rotatable bonds is 16. The summed E-state index contributed by atoms with van der Waals surface area (Å²) in [4.78, 5) is 11.0. The number of ether oxygens (including phenoxy) is 1. The third-order valence-corrected chi connectivity index (χ3v) is 4.30. The zero-order valence-electron chi connectivity index (χ0n) is 14.9. The van der Waals surface area contributed by atoms with Crippen LogP contribution in [0.3, 0.4) is 0 Å². The van der Waals surface area contributed by atoms with Gasteiger partial charge in [-0.3, -0.25) is 4.79 Å². The normalized spacial score (nSPS) is 12.3. The van der Waals surface area contributed by atoms with Crippen LogP contribution in [-0.4, -0.2) is 24.3 Å². The fourth-order valence-corrected chi connectivity index (χ4v) is 2.75. The lowest BCUT2D eigenvalue weighted by molar-refractivity contribution is -0.141. The Morgan fingerprint density at radius 2 is 1.27 bits per heavy atom. The van der Waals surface area contributed by atoms with E-state index in [1.54, 1.807) is 0 Å². The molecule has 0 heterocycles. The molecule has 1 atom stereocenters. The van der Waals surface area contributed by atoms with Crippen LogP contribution in [-0.2, 0) is 9.53 Å². The van der Waals surface area contributed by atoms with Gasteiger partial charge in [0.1, 0.15) is 0 Å². The van der Waals surface area contributed by atoms with Gasteiger partial charge >= 0.3 is 5.97 Å². The Morgan fingerprint density at radius 3 is 1.73 bits per heavy atom. The van der Waals surface area contributed by atoms with E-state index in [0.29, 0.717) is 12.8 Å². The summed E-state index contributed by atoms with van der Waals surface area (Å²) >= 11 is 0. The topological polar surface area (TPSA) is 46.5 Å². The van der Waals surface area contributed by atoms with Crippen molar-refractivity contribution in [3.8, 4) is 0 Å². The molecule has 0 aliphatic rings. The average Bonchev–Trinajstić information content (AvgIpc) is 2.53. The van der Waals surface area contributed by atoms with Crippen molar-refractivity contribution in [3.05, 3.63) is 0 Å². The van der Waals surface area contributed by atoms with Gasteiger partial charge in [0.25, 0.3) is 0 Å². The van der Waals surface area contributed by atoms with Crippen LogP contribution in [0.2, 0.25) is 0 Å². The monoisotopic (exact) mass is 314 g/mol. The van der Waals surface area contributed by atoms with E-state index >= 15 is 0 Å². The van der Waals surface area contributed by atoms with E-state index in [1.165, 1.54) is 77.7 Å². The number of carbonyl (C=O) groups is 1. The highest BCUT2D eigenvalue weighted by Crippen LogP contribution is 2.14. The van der Waals surface area contributed by atoms with E-state index in [9.17, 15) is 9.90 Å². The standard InChI is InChI=1S/C19H38O3/c1-3-4-5-6-7-8-9-10-11-12-13-14-15-18(20)16-17-19(21)22-2/h18,20H,3-17H2,1-2H3. The molecule has 0 rings (SSSR count). The van der Waals surface area contributed by atoms with Gasteiger partial charge in [0.2, 0.25) is 0 Å². The molecule has 0 amide bonds. The Bertz CT molecular complexity index is 241. The van der Waals surface area contributed by atoms with E-state index in [0.717, 1.165) is 12.8 Å². The summed E-state index contributed by atoms with van der Waals surface area (Å²) in [5, 5.41) is 9.75. The molecule has 1 unspecified atom stereocenters. The second-order valence-corrected chi connectivity index (χ2v) is 6.45. The lowest BCUT2D eigenvalue weighted by Crippen LogP contribution is -2.10. The molecule has 0 aromatic rings. The third kappa shape index (κ3) is 15.8. The van der Waals surface area contributed by atoms with Crippen molar-refractivity contribution >= 4 is 5.97 Å². The first kappa shape index (κ1) is 21.4.